The van der Waals surface area contributed by atoms with Crippen LogP contribution < -0.4 is 4.90 Å². The predicted molar refractivity (Wildman–Crippen MR) is 174 cm³/mol. The SMILES string of the molecule is [C-]#[N+]C(=C1C=C2C=C(c3cc4c5c(c3)C(C)(C)CCN5CCC4(C)C)CCC2C(C)(C)C1)c1nc2ccccc2s1. The van der Waals surface area contributed by atoms with Crippen molar-refractivity contribution in [3.8, 4) is 0 Å². The lowest BCUT2D eigenvalue weighted by Crippen LogP contribution is -2.44. The Bertz CT molecular complexity index is 1640. The Morgan fingerprint density at radius 3 is 2.32 bits per heavy atom. The molecule has 3 nitrogen and oxygen atoms in total. The quantitative estimate of drug-likeness (QED) is 0.291. The summed E-state index contributed by atoms with van der Waals surface area (Å²) in [6.07, 6.45) is 10.5. The predicted octanol–water partition coefficient (Wildman–Crippen LogP) is 9.95. The number of thiazole rings is 1. The molecule has 1 aromatic heterocycles. The molecule has 0 saturated carbocycles. The van der Waals surface area contributed by atoms with E-state index < -0.39 is 0 Å². The summed E-state index contributed by atoms with van der Waals surface area (Å²) in [7, 11) is 0. The summed E-state index contributed by atoms with van der Waals surface area (Å²) >= 11 is 1.64. The number of benzene rings is 2. The van der Waals surface area contributed by atoms with Crippen LogP contribution in [-0.4, -0.2) is 18.1 Å². The van der Waals surface area contributed by atoms with Gasteiger partial charge in [0.05, 0.1) is 16.8 Å². The molecule has 2 aromatic carbocycles. The van der Waals surface area contributed by atoms with Crippen molar-refractivity contribution in [3.05, 3.63) is 92.8 Å². The van der Waals surface area contributed by atoms with Gasteiger partial charge < -0.3 is 4.90 Å². The van der Waals surface area contributed by atoms with Gasteiger partial charge in [0.25, 0.3) is 0 Å². The topological polar surface area (TPSA) is 20.5 Å². The average Bonchev–Trinajstić information content (AvgIpc) is 3.35. The van der Waals surface area contributed by atoms with Crippen molar-refractivity contribution < 1.29 is 0 Å². The normalized spacial score (nSPS) is 25.0. The minimum absolute atomic E-state index is 0.0976. The maximum atomic E-state index is 8.16. The van der Waals surface area contributed by atoms with Gasteiger partial charge in [-0.15, -0.1) is 11.3 Å². The number of rotatable bonds is 2. The molecule has 0 amide bonds. The van der Waals surface area contributed by atoms with Gasteiger partial charge in [-0.05, 0) is 112 Å². The minimum atomic E-state index is 0.0976. The van der Waals surface area contributed by atoms with Gasteiger partial charge in [0.2, 0.25) is 5.70 Å². The summed E-state index contributed by atoms with van der Waals surface area (Å²) in [6.45, 7) is 25.0. The van der Waals surface area contributed by atoms with Crippen molar-refractivity contribution in [2.45, 2.75) is 84.5 Å². The second-order valence-electron chi connectivity index (χ2n) is 14.7. The van der Waals surface area contributed by atoms with E-state index in [1.54, 1.807) is 11.3 Å². The molecule has 41 heavy (non-hydrogen) atoms. The lowest BCUT2D eigenvalue weighted by atomic mass is 9.62. The molecule has 0 saturated heterocycles. The average molecular weight is 560 g/mol. The van der Waals surface area contributed by atoms with Gasteiger partial charge in [-0.2, -0.15) is 0 Å². The molecule has 0 spiro atoms. The van der Waals surface area contributed by atoms with Crippen LogP contribution in [0.1, 0.15) is 95.3 Å². The maximum absolute atomic E-state index is 8.16. The first-order chi connectivity index (χ1) is 19.5. The minimum Gasteiger partial charge on any atom is -0.371 e. The second kappa shape index (κ2) is 9.17. The summed E-state index contributed by atoms with van der Waals surface area (Å²) in [5, 5.41) is 0.852. The third kappa shape index (κ3) is 4.31. The molecule has 0 bridgehead atoms. The summed E-state index contributed by atoms with van der Waals surface area (Å²) in [6, 6.07) is 13.3. The highest BCUT2D eigenvalue weighted by Gasteiger charge is 2.42. The zero-order chi connectivity index (χ0) is 28.7. The Kier molecular flexibility index (Phi) is 5.98. The van der Waals surface area contributed by atoms with Crippen LogP contribution in [0.5, 0.6) is 0 Å². The first-order valence-electron chi connectivity index (χ1n) is 15.3. The fourth-order valence-corrected chi connectivity index (χ4v) is 8.92. The molecule has 4 heteroatoms. The van der Waals surface area contributed by atoms with Gasteiger partial charge in [-0.25, -0.2) is 9.83 Å². The third-order valence-corrected chi connectivity index (χ3v) is 11.6. The summed E-state index contributed by atoms with van der Waals surface area (Å²) < 4.78 is 1.14. The summed E-state index contributed by atoms with van der Waals surface area (Å²) in [5.74, 6) is 0.511. The highest BCUT2D eigenvalue weighted by atomic mass is 32.1. The molecular weight excluding hydrogens is 518 g/mol. The molecule has 0 radical (unpaired) electrons. The van der Waals surface area contributed by atoms with E-state index in [0.29, 0.717) is 5.92 Å². The largest absolute Gasteiger partial charge is 0.371 e. The van der Waals surface area contributed by atoms with Crippen LogP contribution in [0.15, 0.2) is 59.7 Å². The molecule has 4 aliphatic rings. The maximum Gasteiger partial charge on any atom is 0.225 e. The van der Waals surface area contributed by atoms with Gasteiger partial charge in [0.1, 0.15) is 5.01 Å². The zero-order valence-electron chi connectivity index (χ0n) is 25.4. The van der Waals surface area contributed by atoms with Crippen molar-refractivity contribution in [1.29, 1.82) is 0 Å². The number of fused-ring (bicyclic) bond motifs is 2. The van der Waals surface area contributed by atoms with E-state index >= 15 is 0 Å². The fraction of sp³-hybridized carbons (Fsp3) is 0.459. The van der Waals surface area contributed by atoms with Crippen LogP contribution in [0, 0.1) is 17.9 Å². The van der Waals surface area contributed by atoms with Crippen molar-refractivity contribution in [1.82, 2.24) is 4.98 Å². The highest BCUT2D eigenvalue weighted by Crippen LogP contribution is 2.54. The molecule has 3 heterocycles. The van der Waals surface area contributed by atoms with Crippen molar-refractivity contribution in [2.75, 3.05) is 18.0 Å². The molecule has 1 atom stereocenters. The number of anilines is 1. The van der Waals surface area contributed by atoms with Crippen molar-refractivity contribution in [3.63, 3.8) is 0 Å². The first-order valence-corrected chi connectivity index (χ1v) is 16.1. The van der Waals surface area contributed by atoms with Gasteiger partial charge in [0.15, 0.2) is 0 Å². The fourth-order valence-electron chi connectivity index (χ4n) is 7.93. The molecule has 3 aromatic rings. The Balaban J connectivity index is 1.36. The standard InChI is InChI=1S/C37H41N3S/c1-35(2)14-16-40-17-15-36(3,4)29-21-24(20-28(35)33(29)40)23-12-13-27-25(18-23)19-26(22-37(27,5)6)32(38-7)34-39-30-10-8-9-11-31(30)41-34/h8-11,18-21,27H,12-17,22H2,1-6H3. The zero-order valence-corrected chi connectivity index (χ0v) is 26.2. The number of aromatic nitrogens is 1. The molecule has 210 valence electrons. The van der Waals surface area contributed by atoms with Gasteiger partial charge in [0, 0.05) is 18.8 Å². The van der Waals surface area contributed by atoms with Crippen LogP contribution in [0.4, 0.5) is 5.69 Å². The lowest BCUT2D eigenvalue weighted by Gasteiger charge is -2.48. The van der Waals surface area contributed by atoms with Gasteiger partial charge >= 0.3 is 0 Å². The summed E-state index contributed by atoms with van der Waals surface area (Å²) in [4.78, 5) is 11.6. The van der Waals surface area contributed by atoms with E-state index in [1.807, 2.05) is 18.2 Å². The van der Waals surface area contributed by atoms with Crippen LogP contribution in [0.2, 0.25) is 0 Å². The Hall–Kier alpha value is -3.16. The molecular formula is C37H41N3S. The monoisotopic (exact) mass is 559 g/mol. The Morgan fingerprint density at radius 2 is 1.66 bits per heavy atom. The van der Waals surface area contributed by atoms with E-state index in [4.69, 9.17) is 11.6 Å². The lowest BCUT2D eigenvalue weighted by molar-refractivity contribution is 0.228. The van der Waals surface area contributed by atoms with Crippen molar-refractivity contribution >= 4 is 38.5 Å². The smallest absolute Gasteiger partial charge is 0.225 e. The number of hydrogen-bond acceptors (Lipinski definition) is 3. The number of nitrogens with zero attached hydrogens (tertiary/aromatic N) is 3. The Morgan fingerprint density at radius 1 is 0.976 bits per heavy atom. The number of hydrogen-bond donors (Lipinski definition) is 0. The van der Waals surface area contributed by atoms with Crippen LogP contribution in [0.25, 0.3) is 26.3 Å². The Labute approximate surface area is 249 Å². The second-order valence-corrected chi connectivity index (χ2v) is 15.7. The molecule has 2 aliphatic carbocycles. The van der Waals surface area contributed by atoms with E-state index in [2.05, 4.69) is 81.6 Å². The van der Waals surface area contributed by atoms with Crippen LogP contribution >= 0.6 is 11.3 Å². The molecule has 2 aliphatic heterocycles. The molecule has 7 rings (SSSR count). The number of para-hydroxylation sites is 1. The molecule has 0 fully saturated rings. The van der Waals surface area contributed by atoms with E-state index in [0.717, 1.165) is 45.8 Å². The molecule has 0 N–H and O–H groups in total. The third-order valence-electron chi connectivity index (χ3n) is 10.6. The van der Waals surface area contributed by atoms with Crippen LogP contribution in [-0.2, 0) is 10.8 Å². The van der Waals surface area contributed by atoms with Gasteiger partial charge in [-0.1, -0.05) is 65.8 Å². The molecule has 1 unspecified atom stereocenters. The summed E-state index contributed by atoms with van der Waals surface area (Å²) in [5.41, 5.74) is 12.2. The highest BCUT2D eigenvalue weighted by molar-refractivity contribution is 7.19. The first kappa shape index (κ1) is 26.7. The van der Waals surface area contributed by atoms with E-state index in [-0.39, 0.29) is 16.2 Å². The van der Waals surface area contributed by atoms with E-state index in [9.17, 15) is 0 Å². The van der Waals surface area contributed by atoms with E-state index in [1.165, 1.54) is 59.5 Å². The number of allylic oxidation sites excluding steroid dienone is 5. The van der Waals surface area contributed by atoms with Crippen LogP contribution in [0.3, 0.4) is 0 Å². The van der Waals surface area contributed by atoms with Gasteiger partial charge in [-0.3, -0.25) is 0 Å². The van der Waals surface area contributed by atoms with Crippen molar-refractivity contribution in [2.24, 2.45) is 11.3 Å².